The molecule has 0 spiro atoms. The van der Waals surface area contributed by atoms with Crippen LogP contribution in [-0.2, 0) is 6.54 Å². The number of piperidine rings is 1. The molecule has 0 aliphatic carbocycles. The molecule has 2 amide bonds. The summed E-state index contributed by atoms with van der Waals surface area (Å²) in [5, 5.41) is 24.2. The zero-order chi connectivity index (χ0) is 34.3. The summed E-state index contributed by atoms with van der Waals surface area (Å²) >= 11 is 1.71. The number of nitrogens with zero attached hydrogens (tertiary/aromatic N) is 8. The molecular formula is C37H38N10O2S. The van der Waals surface area contributed by atoms with Gasteiger partial charge in [0.05, 0.1) is 18.3 Å². The number of amides is 2. The number of hydrogen-bond acceptors (Lipinski definition) is 9. The van der Waals surface area contributed by atoms with Crippen LogP contribution >= 0.6 is 11.8 Å². The number of hydrogen-bond donors (Lipinski definition) is 2. The molecule has 4 aromatic heterocycles. The van der Waals surface area contributed by atoms with E-state index in [0.29, 0.717) is 43.0 Å². The molecule has 12 nitrogen and oxygen atoms in total. The van der Waals surface area contributed by atoms with E-state index in [1.54, 1.807) is 48.4 Å². The van der Waals surface area contributed by atoms with Gasteiger partial charge >= 0.3 is 0 Å². The fourth-order valence-corrected chi connectivity index (χ4v) is 6.70. The number of anilines is 1. The second-order valence-electron chi connectivity index (χ2n) is 12.3. The largest absolute Gasteiger partial charge is 0.381 e. The fraction of sp³-hybridized carbons (Fsp3) is 0.270. The number of pyridine rings is 2. The van der Waals surface area contributed by atoms with Gasteiger partial charge in [-0.15, -0.1) is 15.3 Å². The summed E-state index contributed by atoms with van der Waals surface area (Å²) < 4.78 is 3.82. The lowest BCUT2D eigenvalue weighted by molar-refractivity contribution is 0.0689. The molecule has 1 fully saturated rings. The lowest BCUT2D eigenvalue weighted by Gasteiger charge is -2.32. The Morgan fingerprint density at radius 2 is 1.74 bits per heavy atom. The topological polar surface area (TPSA) is 135 Å². The van der Waals surface area contributed by atoms with Crippen LogP contribution in [0, 0.1) is 0 Å². The van der Waals surface area contributed by atoms with Gasteiger partial charge in [-0.05, 0) is 91.4 Å². The third kappa shape index (κ3) is 7.52. The maximum atomic E-state index is 13.6. The molecule has 0 bridgehead atoms. The van der Waals surface area contributed by atoms with Crippen LogP contribution in [0.15, 0.2) is 104 Å². The van der Waals surface area contributed by atoms with Crippen molar-refractivity contribution in [2.75, 3.05) is 30.4 Å². The Morgan fingerprint density at radius 3 is 2.58 bits per heavy atom. The number of fused-ring (bicyclic) bond motifs is 1. The second kappa shape index (κ2) is 15.3. The van der Waals surface area contributed by atoms with E-state index >= 15 is 0 Å². The standard InChI is InChI=1S/C37H38N10O2S/c1-50-21-15-32(35-43-42-34-10-2-3-18-46(34)35)40-36(48)28-7-4-8-29(22-28)37(49)45-19-13-31(14-20-45)47-25-33(41-44-47)27-6-5-9-30(23-27)39-24-26-11-16-38-17-12-26/h2-12,16-18,22-23,25,31-32,39H,13-15,19-21,24H2,1H3,(H,40,48). The van der Waals surface area contributed by atoms with Gasteiger partial charge in [-0.2, -0.15) is 11.8 Å². The minimum absolute atomic E-state index is 0.0872. The van der Waals surface area contributed by atoms with Crippen molar-refractivity contribution < 1.29 is 9.59 Å². The summed E-state index contributed by atoms with van der Waals surface area (Å²) in [7, 11) is 0. The summed E-state index contributed by atoms with van der Waals surface area (Å²) in [6.45, 7) is 1.87. The highest BCUT2D eigenvalue weighted by atomic mass is 32.2. The molecule has 1 aliphatic heterocycles. The number of rotatable bonds is 12. The molecule has 50 heavy (non-hydrogen) atoms. The third-order valence-electron chi connectivity index (χ3n) is 8.98. The molecule has 0 radical (unpaired) electrons. The first-order chi connectivity index (χ1) is 24.6. The number of aromatic nitrogens is 7. The van der Waals surface area contributed by atoms with E-state index < -0.39 is 0 Å². The first kappa shape index (κ1) is 33.0. The predicted molar refractivity (Wildman–Crippen MR) is 194 cm³/mol. The van der Waals surface area contributed by atoms with E-state index in [1.165, 1.54) is 0 Å². The van der Waals surface area contributed by atoms with E-state index in [0.717, 1.165) is 46.7 Å². The lowest BCUT2D eigenvalue weighted by Crippen LogP contribution is -2.39. The van der Waals surface area contributed by atoms with Crippen LogP contribution < -0.4 is 10.6 Å². The van der Waals surface area contributed by atoms with Gasteiger partial charge in [-0.1, -0.05) is 29.5 Å². The van der Waals surface area contributed by atoms with E-state index in [-0.39, 0.29) is 23.9 Å². The highest BCUT2D eigenvalue weighted by molar-refractivity contribution is 7.98. The number of likely N-dealkylation sites (tertiary alicyclic amines) is 1. The number of carbonyl (C=O) groups excluding carboxylic acids is 2. The summed E-state index contributed by atoms with van der Waals surface area (Å²) in [5.41, 5.74) is 5.59. The van der Waals surface area contributed by atoms with Gasteiger partial charge in [0, 0.05) is 60.6 Å². The molecule has 0 saturated carbocycles. The third-order valence-corrected chi connectivity index (χ3v) is 9.62. The van der Waals surface area contributed by atoms with Crippen molar-refractivity contribution in [3.63, 3.8) is 0 Å². The molecule has 13 heteroatoms. The van der Waals surface area contributed by atoms with Crippen LogP contribution in [0.2, 0.25) is 0 Å². The average molecular weight is 687 g/mol. The molecule has 254 valence electrons. The SMILES string of the molecule is CSCCC(NC(=O)c1cccc(C(=O)N2CCC(n3cc(-c4cccc(NCc5ccncc5)c4)nn3)CC2)c1)c1nnc2ccccn12. The Labute approximate surface area is 294 Å². The van der Waals surface area contributed by atoms with Crippen LogP contribution in [0.1, 0.15) is 63.4 Å². The Bertz CT molecular complexity index is 2070. The van der Waals surface area contributed by atoms with Gasteiger partial charge in [-0.3, -0.25) is 19.0 Å². The van der Waals surface area contributed by atoms with Crippen molar-refractivity contribution in [2.24, 2.45) is 0 Å². The van der Waals surface area contributed by atoms with Crippen molar-refractivity contribution in [3.8, 4) is 11.3 Å². The van der Waals surface area contributed by atoms with Crippen LogP contribution in [0.5, 0.6) is 0 Å². The zero-order valence-corrected chi connectivity index (χ0v) is 28.5. The Balaban J connectivity index is 0.961. The highest BCUT2D eigenvalue weighted by Crippen LogP contribution is 2.27. The van der Waals surface area contributed by atoms with Gasteiger partial charge in [-0.25, -0.2) is 4.68 Å². The number of nitrogens with one attached hydrogen (secondary N) is 2. The monoisotopic (exact) mass is 686 g/mol. The number of carbonyl (C=O) groups is 2. The molecular weight excluding hydrogens is 649 g/mol. The smallest absolute Gasteiger partial charge is 0.253 e. The summed E-state index contributed by atoms with van der Waals surface area (Å²) in [6, 6.07) is 24.6. The molecule has 1 unspecified atom stereocenters. The molecule has 1 atom stereocenters. The normalized spacial score (nSPS) is 14.1. The quantitative estimate of drug-likeness (QED) is 0.166. The van der Waals surface area contributed by atoms with Crippen LogP contribution in [0.4, 0.5) is 5.69 Å². The van der Waals surface area contributed by atoms with Gasteiger partial charge < -0.3 is 15.5 Å². The van der Waals surface area contributed by atoms with Crippen LogP contribution in [0.3, 0.4) is 0 Å². The van der Waals surface area contributed by atoms with Gasteiger partial charge in [0.15, 0.2) is 11.5 Å². The molecule has 6 aromatic rings. The molecule has 1 aliphatic rings. The molecule has 1 saturated heterocycles. The van der Waals surface area contributed by atoms with E-state index in [1.807, 2.05) is 81.2 Å². The fourth-order valence-electron chi connectivity index (χ4n) is 6.23. The van der Waals surface area contributed by atoms with Gasteiger partial charge in [0.25, 0.3) is 11.8 Å². The number of thioether (sulfide) groups is 1. The molecule has 7 rings (SSSR count). The first-order valence-electron chi connectivity index (χ1n) is 16.7. The number of benzene rings is 2. The predicted octanol–water partition coefficient (Wildman–Crippen LogP) is 5.70. The Morgan fingerprint density at radius 1 is 0.920 bits per heavy atom. The highest BCUT2D eigenvalue weighted by Gasteiger charge is 2.27. The lowest BCUT2D eigenvalue weighted by atomic mass is 10.0. The van der Waals surface area contributed by atoms with Crippen LogP contribution in [-0.4, -0.2) is 76.4 Å². The summed E-state index contributed by atoms with van der Waals surface area (Å²) in [5.74, 6) is 1.18. The van der Waals surface area contributed by atoms with Crippen molar-refractivity contribution in [2.45, 2.75) is 37.9 Å². The van der Waals surface area contributed by atoms with Crippen LogP contribution in [0.25, 0.3) is 16.9 Å². The maximum absolute atomic E-state index is 13.6. The van der Waals surface area contributed by atoms with Gasteiger partial charge in [0.2, 0.25) is 0 Å². The summed E-state index contributed by atoms with van der Waals surface area (Å²) in [4.78, 5) is 33.0. The van der Waals surface area contributed by atoms with Crippen molar-refractivity contribution in [1.29, 1.82) is 0 Å². The first-order valence-corrected chi connectivity index (χ1v) is 18.1. The van der Waals surface area contributed by atoms with Crippen molar-refractivity contribution in [1.82, 2.24) is 44.8 Å². The van der Waals surface area contributed by atoms with E-state index in [4.69, 9.17) is 0 Å². The van der Waals surface area contributed by atoms with Gasteiger partial charge in [0.1, 0.15) is 5.69 Å². The molecule has 2 aromatic carbocycles. The van der Waals surface area contributed by atoms with E-state index in [9.17, 15) is 9.59 Å². The minimum atomic E-state index is -0.332. The molecule has 2 N–H and O–H groups in total. The summed E-state index contributed by atoms with van der Waals surface area (Å²) in [6.07, 6.45) is 11.7. The minimum Gasteiger partial charge on any atom is -0.381 e. The Hall–Kier alpha value is -5.56. The maximum Gasteiger partial charge on any atom is 0.253 e. The van der Waals surface area contributed by atoms with Crippen molar-refractivity contribution >= 4 is 34.9 Å². The zero-order valence-electron chi connectivity index (χ0n) is 27.7. The Kier molecular flexibility index (Phi) is 10.1. The van der Waals surface area contributed by atoms with E-state index in [2.05, 4.69) is 42.2 Å². The van der Waals surface area contributed by atoms with Crippen molar-refractivity contribution in [3.05, 3.63) is 126 Å². The molecule has 5 heterocycles. The second-order valence-corrected chi connectivity index (χ2v) is 13.3. The average Bonchev–Trinajstić information content (AvgIpc) is 3.85.